The lowest BCUT2D eigenvalue weighted by atomic mass is 10.1. The van der Waals surface area contributed by atoms with E-state index >= 15 is 0 Å². The maximum atomic E-state index is 12.6. The fraction of sp³-hybridized carbons (Fsp3) is 0.348. The molecule has 0 fully saturated rings. The van der Waals surface area contributed by atoms with Crippen LogP contribution in [0.25, 0.3) is 10.9 Å². The van der Waals surface area contributed by atoms with Gasteiger partial charge in [0, 0.05) is 22.6 Å². The van der Waals surface area contributed by atoms with Gasteiger partial charge in [-0.1, -0.05) is 24.3 Å². The molecule has 2 aromatic carbocycles. The molecule has 0 aliphatic heterocycles. The van der Waals surface area contributed by atoms with Crippen molar-refractivity contribution in [1.82, 2.24) is 10.3 Å². The number of aromatic amines is 1. The van der Waals surface area contributed by atoms with E-state index in [0.29, 0.717) is 24.5 Å². The molecule has 0 saturated carbocycles. The van der Waals surface area contributed by atoms with Crippen LogP contribution in [0.4, 0.5) is 5.69 Å². The molecule has 5 nitrogen and oxygen atoms in total. The number of anilines is 1. The third-order valence-corrected chi connectivity index (χ3v) is 4.43. The second-order valence-electron chi connectivity index (χ2n) is 7.96. The Morgan fingerprint density at radius 2 is 1.86 bits per heavy atom. The van der Waals surface area contributed by atoms with Crippen molar-refractivity contribution in [3.05, 3.63) is 60.3 Å². The van der Waals surface area contributed by atoms with Crippen LogP contribution in [0.2, 0.25) is 0 Å². The average Bonchev–Trinajstić information content (AvgIpc) is 3.11. The molecule has 6 heteroatoms. The highest BCUT2D eigenvalue weighted by Crippen LogP contribution is 2.25. The van der Waals surface area contributed by atoms with Gasteiger partial charge in [0.1, 0.15) is 5.75 Å². The Bertz CT molecular complexity index is 931. The second kappa shape index (κ2) is 10.3. The number of hydrogen-bond acceptors (Lipinski definition) is 3. The minimum atomic E-state index is -0.0563. The number of aromatic nitrogens is 1. The molecule has 0 spiro atoms. The normalized spacial score (nSPS) is 11.1. The van der Waals surface area contributed by atoms with Crippen molar-refractivity contribution < 1.29 is 9.53 Å². The largest absolute Gasteiger partial charge is 0.491 e. The van der Waals surface area contributed by atoms with Crippen molar-refractivity contribution in [3.63, 3.8) is 0 Å². The monoisotopic (exact) mass is 415 g/mol. The van der Waals surface area contributed by atoms with Gasteiger partial charge in [-0.05, 0) is 63.6 Å². The van der Waals surface area contributed by atoms with Gasteiger partial charge in [0.25, 0.3) is 0 Å². The van der Waals surface area contributed by atoms with E-state index in [9.17, 15) is 4.79 Å². The van der Waals surface area contributed by atoms with Crippen LogP contribution in [0.5, 0.6) is 5.75 Å². The minimum absolute atomic E-state index is 0. The van der Waals surface area contributed by atoms with Crippen LogP contribution in [0.3, 0.4) is 0 Å². The van der Waals surface area contributed by atoms with Gasteiger partial charge in [-0.15, -0.1) is 12.4 Å². The summed E-state index contributed by atoms with van der Waals surface area (Å²) >= 11 is 0. The standard InChI is InChI=1S/C23H29N3O2.ClH/c1-23(2,3)25-13-7-15-28-21-11-5-4-9-20(21)26-22(27)16-17-8-6-10-19-18(17)12-14-24-19;/h4-6,8-12,14,24-25H,7,13,15-16H2,1-3H3,(H,26,27);1H. The van der Waals surface area contributed by atoms with Gasteiger partial charge in [0.2, 0.25) is 5.91 Å². The van der Waals surface area contributed by atoms with Crippen LogP contribution in [0, 0.1) is 0 Å². The van der Waals surface area contributed by atoms with Gasteiger partial charge in [-0.2, -0.15) is 0 Å². The van der Waals surface area contributed by atoms with E-state index in [1.807, 2.05) is 54.7 Å². The Kier molecular flexibility index (Phi) is 8.11. The van der Waals surface area contributed by atoms with Crippen molar-refractivity contribution in [2.24, 2.45) is 0 Å². The summed E-state index contributed by atoms with van der Waals surface area (Å²) < 4.78 is 5.90. The highest BCUT2D eigenvalue weighted by molar-refractivity contribution is 5.96. The quantitative estimate of drug-likeness (QED) is 0.457. The summed E-state index contributed by atoms with van der Waals surface area (Å²) in [6, 6.07) is 15.5. The molecule has 3 aromatic rings. The van der Waals surface area contributed by atoms with Crippen LogP contribution in [-0.4, -0.2) is 29.6 Å². The summed E-state index contributed by atoms with van der Waals surface area (Å²) in [6.45, 7) is 7.92. The Morgan fingerprint density at radius 1 is 1.07 bits per heavy atom. The lowest BCUT2D eigenvalue weighted by Gasteiger charge is -2.20. The van der Waals surface area contributed by atoms with Gasteiger partial charge in [-0.25, -0.2) is 0 Å². The summed E-state index contributed by atoms with van der Waals surface area (Å²) in [5.74, 6) is 0.644. The molecule has 1 amide bonds. The number of halogens is 1. The van der Waals surface area contributed by atoms with E-state index in [0.717, 1.165) is 29.4 Å². The molecule has 0 aliphatic carbocycles. The zero-order valence-electron chi connectivity index (χ0n) is 17.2. The van der Waals surface area contributed by atoms with Gasteiger partial charge in [0.05, 0.1) is 18.7 Å². The van der Waals surface area contributed by atoms with Crippen LogP contribution >= 0.6 is 12.4 Å². The Labute approximate surface area is 178 Å². The molecule has 29 heavy (non-hydrogen) atoms. The summed E-state index contributed by atoms with van der Waals surface area (Å²) in [5, 5.41) is 7.51. The van der Waals surface area contributed by atoms with E-state index in [2.05, 4.69) is 36.4 Å². The van der Waals surface area contributed by atoms with Crippen molar-refractivity contribution >= 4 is 34.9 Å². The third-order valence-electron chi connectivity index (χ3n) is 4.43. The van der Waals surface area contributed by atoms with E-state index in [-0.39, 0.29) is 23.9 Å². The van der Waals surface area contributed by atoms with Gasteiger partial charge < -0.3 is 20.4 Å². The molecule has 1 aromatic heterocycles. The van der Waals surface area contributed by atoms with Crippen molar-refractivity contribution in [3.8, 4) is 5.75 Å². The molecule has 0 aliphatic rings. The number of benzene rings is 2. The smallest absolute Gasteiger partial charge is 0.228 e. The molecular formula is C23H30ClN3O2. The first-order valence-electron chi connectivity index (χ1n) is 9.74. The second-order valence-corrected chi connectivity index (χ2v) is 7.96. The fourth-order valence-electron chi connectivity index (χ4n) is 3.09. The van der Waals surface area contributed by atoms with E-state index in [1.165, 1.54) is 0 Å². The van der Waals surface area contributed by atoms with Crippen LogP contribution in [-0.2, 0) is 11.2 Å². The highest BCUT2D eigenvalue weighted by atomic mass is 35.5. The third kappa shape index (κ3) is 6.80. The maximum absolute atomic E-state index is 12.6. The predicted octanol–water partition coefficient (Wildman–Crippen LogP) is 4.93. The van der Waals surface area contributed by atoms with Crippen molar-refractivity contribution in [1.29, 1.82) is 0 Å². The first-order valence-corrected chi connectivity index (χ1v) is 9.74. The van der Waals surface area contributed by atoms with Crippen LogP contribution < -0.4 is 15.4 Å². The summed E-state index contributed by atoms with van der Waals surface area (Å²) in [7, 11) is 0. The summed E-state index contributed by atoms with van der Waals surface area (Å²) in [6.07, 6.45) is 3.11. The number of nitrogens with one attached hydrogen (secondary N) is 3. The SMILES string of the molecule is CC(C)(C)NCCCOc1ccccc1NC(=O)Cc1cccc2[nH]ccc12.Cl. The number of hydrogen-bond donors (Lipinski definition) is 3. The molecule has 0 bridgehead atoms. The Hall–Kier alpha value is -2.50. The zero-order chi connectivity index (χ0) is 20.0. The zero-order valence-corrected chi connectivity index (χ0v) is 18.1. The molecular weight excluding hydrogens is 386 g/mol. The van der Waals surface area contributed by atoms with Crippen LogP contribution in [0.1, 0.15) is 32.8 Å². The lowest BCUT2D eigenvalue weighted by molar-refractivity contribution is -0.115. The molecule has 0 saturated heterocycles. The van der Waals surface area contributed by atoms with Gasteiger partial charge >= 0.3 is 0 Å². The maximum Gasteiger partial charge on any atom is 0.228 e. The molecule has 0 atom stereocenters. The number of fused-ring (bicyclic) bond motifs is 1. The van der Waals surface area contributed by atoms with Crippen molar-refractivity contribution in [2.75, 3.05) is 18.5 Å². The first kappa shape index (κ1) is 22.8. The molecule has 0 radical (unpaired) electrons. The van der Waals surface area contributed by atoms with Crippen molar-refractivity contribution in [2.45, 2.75) is 39.2 Å². The number of H-pyrrole nitrogens is 1. The first-order chi connectivity index (χ1) is 13.4. The number of para-hydroxylation sites is 2. The summed E-state index contributed by atoms with van der Waals surface area (Å²) in [5.41, 5.74) is 2.85. The number of ether oxygens (including phenoxy) is 1. The summed E-state index contributed by atoms with van der Waals surface area (Å²) in [4.78, 5) is 15.8. The number of rotatable bonds is 8. The number of carbonyl (C=O) groups excluding carboxylic acids is 1. The highest BCUT2D eigenvalue weighted by Gasteiger charge is 2.11. The Morgan fingerprint density at radius 3 is 2.66 bits per heavy atom. The molecule has 3 rings (SSSR count). The van der Waals surface area contributed by atoms with Gasteiger partial charge in [-0.3, -0.25) is 4.79 Å². The molecule has 156 valence electrons. The fourth-order valence-corrected chi connectivity index (χ4v) is 3.09. The topological polar surface area (TPSA) is 66.2 Å². The number of amides is 1. The molecule has 3 N–H and O–H groups in total. The predicted molar refractivity (Wildman–Crippen MR) is 122 cm³/mol. The minimum Gasteiger partial charge on any atom is -0.491 e. The van der Waals surface area contributed by atoms with Crippen LogP contribution in [0.15, 0.2) is 54.7 Å². The van der Waals surface area contributed by atoms with Gasteiger partial charge in [0.15, 0.2) is 0 Å². The number of carbonyl (C=O) groups is 1. The van der Waals surface area contributed by atoms with E-state index in [4.69, 9.17) is 4.74 Å². The molecule has 0 unspecified atom stereocenters. The van der Waals surface area contributed by atoms with E-state index < -0.39 is 0 Å². The van der Waals surface area contributed by atoms with E-state index in [1.54, 1.807) is 0 Å². The molecule has 1 heterocycles. The Balaban J connectivity index is 0.00000300. The average molecular weight is 416 g/mol. The lowest BCUT2D eigenvalue weighted by Crippen LogP contribution is -2.36.